The average Bonchev–Trinajstić information content (AvgIpc) is 2.37. The van der Waals surface area contributed by atoms with Crippen molar-refractivity contribution in [1.82, 2.24) is 0 Å². The van der Waals surface area contributed by atoms with Crippen LogP contribution < -0.4 is 3.82 Å². The van der Waals surface area contributed by atoms with Gasteiger partial charge in [0, 0.05) is 11.8 Å². The van der Waals surface area contributed by atoms with Gasteiger partial charge in [-0.2, -0.15) is 12.2 Å². The maximum absolute atomic E-state index is 12.3. The Morgan fingerprint density at radius 3 is 2.00 bits per heavy atom. The largest absolute Gasteiger partial charge is 0.278 e. The number of rotatable bonds is 3. The molecule has 19 heavy (non-hydrogen) atoms. The van der Waals surface area contributed by atoms with Gasteiger partial charge in [0.25, 0.3) is 10.0 Å². The molecule has 3 nitrogen and oxygen atoms in total. The number of sulfonamides is 1. The third-order valence-corrected chi connectivity index (χ3v) is 4.90. The monoisotopic (exact) mass is 295 g/mol. The van der Waals surface area contributed by atoms with Crippen molar-refractivity contribution in [2.45, 2.75) is 18.7 Å². The summed E-state index contributed by atoms with van der Waals surface area (Å²) in [6.45, 7) is 3.80. The van der Waals surface area contributed by atoms with E-state index in [0.717, 1.165) is 15.0 Å². The molecule has 2 aromatic carbocycles. The Labute approximate surface area is 118 Å². The first-order valence-electron chi connectivity index (χ1n) is 5.76. The van der Waals surface area contributed by atoms with Crippen LogP contribution in [0.3, 0.4) is 0 Å². The number of benzene rings is 2. The SMILES string of the molecule is Cc1cc(C)cc(N(Cl)S(=O)(=O)c2ccccc2)c1. The molecule has 0 radical (unpaired) electrons. The number of nitrogens with zero attached hydrogens (tertiary/aromatic N) is 1. The fraction of sp³-hybridized carbons (Fsp3) is 0.143. The van der Waals surface area contributed by atoms with Gasteiger partial charge in [0.2, 0.25) is 0 Å². The van der Waals surface area contributed by atoms with Crippen molar-refractivity contribution in [3.05, 3.63) is 59.7 Å². The van der Waals surface area contributed by atoms with E-state index in [-0.39, 0.29) is 4.90 Å². The van der Waals surface area contributed by atoms with E-state index in [1.54, 1.807) is 30.3 Å². The van der Waals surface area contributed by atoms with E-state index < -0.39 is 10.0 Å². The topological polar surface area (TPSA) is 37.4 Å². The summed E-state index contributed by atoms with van der Waals surface area (Å²) in [5, 5.41) is 0. The Morgan fingerprint density at radius 2 is 1.47 bits per heavy atom. The van der Waals surface area contributed by atoms with E-state index in [0.29, 0.717) is 5.69 Å². The number of aryl methyl sites for hydroxylation is 2. The van der Waals surface area contributed by atoms with Gasteiger partial charge in [0.1, 0.15) is 0 Å². The lowest BCUT2D eigenvalue weighted by molar-refractivity contribution is 0.598. The standard InChI is InChI=1S/C14H14ClNO2S/c1-11-8-12(2)10-13(9-11)16(15)19(17,18)14-6-4-3-5-7-14/h3-10H,1-2H3. The van der Waals surface area contributed by atoms with Crippen LogP contribution >= 0.6 is 11.8 Å². The van der Waals surface area contributed by atoms with E-state index in [9.17, 15) is 8.42 Å². The number of hydrogen-bond donors (Lipinski definition) is 0. The lowest BCUT2D eigenvalue weighted by Crippen LogP contribution is -2.21. The van der Waals surface area contributed by atoms with Crippen LogP contribution in [-0.2, 0) is 10.0 Å². The van der Waals surface area contributed by atoms with E-state index >= 15 is 0 Å². The third-order valence-electron chi connectivity index (χ3n) is 2.66. The Hall–Kier alpha value is -1.52. The van der Waals surface area contributed by atoms with Crippen molar-refractivity contribution in [2.24, 2.45) is 0 Å². The molecule has 0 aromatic heterocycles. The lowest BCUT2D eigenvalue weighted by Gasteiger charge is -2.17. The van der Waals surface area contributed by atoms with Crippen LogP contribution in [-0.4, -0.2) is 8.42 Å². The molecule has 0 amide bonds. The fourth-order valence-corrected chi connectivity index (χ4v) is 3.28. The molecule has 0 aliphatic carbocycles. The Kier molecular flexibility index (Phi) is 3.83. The van der Waals surface area contributed by atoms with Crippen molar-refractivity contribution in [2.75, 3.05) is 3.82 Å². The number of hydrogen-bond acceptors (Lipinski definition) is 2. The maximum atomic E-state index is 12.3. The summed E-state index contributed by atoms with van der Waals surface area (Å²) < 4.78 is 25.5. The van der Waals surface area contributed by atoms with Gasteiger partial charge in [-0.1, -0.05) is 24.3 Å². The molecule has 0 aliphatic rings. The summed E-state index contributed by atoms with van der Waals surface area (Å²) in [7, 11) is -3.73. The summed E-state index contributed by atoms with van der Waals surface area (Å²) >= 11 is 6.02. The minimum atomic E-state index is -3.73. The van der Waals surface area contributed by atoms with Crippen LogP contribution in [0.15, 0.2) is 53.4 Å². The van der Waals surface area contributed by atoms with Crippen molar-refractivity contribution >= 4 is 27.5 Å². The van der Waals surface area contributed by atoms with Crippen molar-refractivity contribution in [3.63, 3.8) is 0 Å². The Morgan fingerprint density at radius 1 is 0.947 bits per heavy atom. The quantitative estimate of drug-likeness (QED) is 0.811. The molecule has 0 bridgehead atoms. The highest BCUT2D eigenvalue weighted by Gasteiger charge is 2.23. The summed E-state index contributed by atoms with van der Waals surface area (Å²) in [6.07, 6.45) is 0. The zero-order chi connectivity index (χ0) is 14.0. The molecule has 0 saturated heterocycles. The first-order chi connectivity index (χ1) is 8.91. The molecule has 2 rings (SSSR count). The molecular formula is C14H14ClNO2S. The van der Waals surface area contributed by atoms with E-state index in [4.69, 9.17) is 11.8 Å². The lowest BCUT2D eigenvalue weighted by atomic mass is 10.1. The molecule has 0 atom stereocenters. The summed E-state index contributed by atoms with van der Waals surface area (Å²) in [5.74, 6) is 0. The predicted octanol–water partition coefficient (Wildman–Crippen LogP) is 3.65. The van der Waals surface area contributed by atoms with Crippen LogP contribution in [0.4, 0.5) is 5.69 Å². The molecule has 0 unspecified atom stereocenters. The molecule has 100 valence electrons. The molecule has 0 aliphatic heterocycles. The molecule has 0 saturated carbocycles. The fourth-order valence-electron chi connectivity index (χ4n) is 1.88. The first-order valence-corrected chi connectivity index (χ1v) is 7.53. The van der Waals surface area contributed by atoms with Gasteiger partial charge in [0.05, 0.1) is 10.6 Å². The minimum Gasteiger partial charge on any atom is -0.200 e. The van der Waals surface area contributed by atoms with Gasteiger partial charge in [-0.15, -0.1) is 0 Å². The zero-order valence-electron chi connectivity index (χ0n) is 10.7. The number of halogens is 1. The van der Waals surface area contributed by atoms with Gasteiger partial charge >= 0.3 is 0 Å². The molecule has 0 heterocycles. The second-order valence-electron chi connectivity index (χ2n) is 4.38. The second-order valence-corrected chi connectivity index (χ2v) is 6.70. The minimum absolute atomic E-state index is 0.171. The molecular weight excluding hydrogens is 282 g/mol. The Balaban J connectivity index is 2.46. The van der Waals surface area contributed by atoms with Gasteiger partial charge in [-0.05, 0) is 49.2 Å². The maximum Gasteiger partial charge on any atom is 0.278 e. The summed E-state index contributed by atoms with van der Waals surface area (Å²) in [6, 6.07) is 13.6. The molecule has 5 heteroatoms. The van der Waals surface area contributed by atoms with Crippen molar-refractivity contribution < 1.29 is 8.42 Å². The highest BCUT2D eigenvalue weighted by molar-refractivity contribution is 7.94. The summed E-state index contributed by atoms with van der Waals surface area (Å²) in [5.41, 5.74) is 2.37. The highest BCUT2D eigenvalue weighted by Crippen LogP contribution is 2.27. The first kappa shape index (κ1) is 13.9. The molecule has 0 N–H and O–H groups in total. The van der Waals surface area contributed by atoms with Crippen LogP contribution in [0.1, 0.15) is 11.1 Å². The normalized spacial score (nSPS) is 11.3. The van der Waals surface area contributed by atoms with E-state index in [1.807, 2.05) is 19.9 Å². The van der Waals surface area contributed by atoms with Crippen molar-refractivity contribution in [3.8, 4) is 0 Å². The van der Waals surface area contributed by atoms with Crippen LogP contribution in [0.2, 0.25) is 0 Å². The number of anilines is 1. The van der Waals surface area contributed by atoms with Crippen LogP contribution in [0, 0.1) is 13.8 Å². The summed E-state index contributed by atoms with van der Waals surface area (Å²) in [4.78, 5) is 0.171. The van der Waals surface area contributed by atoms with E-state index in [2.05, 4.69) is 0 Å². The third kappa shape index (κ3) is 2.91. The van der Waals surface area contributed by atoms with Crippen LogP contribution in [0.25, 0.3) is 0 Å². The molecule has 2 aromatic rings. The smallest absolute Gasteiger partial charge is 0.200 e. The zero-order valence-corrected chi connectivity index (χ0v) is 12.2. The van der Waals surface area contributed by atoms with Crippen molar-refractivity contribution in [1.29, 1.82) is 0 Å². The Bertz CT molecular complexity index is 664. The van der Waals surface area contributed by atoms with Crippen LogP contribution in [0.5, 0.6) is 0 Å². The highest BCUT2D eigenvalue weighted by atomic mass is 35.5. The van der Waals surface area contributed by atoms with Gasteiger partial charge in [-0.25, -0.2) is 0 Å². The van der Waals surface area contributed by atoms with E-state index in [1.165, 1.54) is 12.1 Å². The molecule has 0 spiro atoms. The molecule has 0 fully saturated rings. The van der Waals surface area contributed by atoms with Gasteiger partial charge in [0.15, 0.2) is 0 Å². The predicted molar refractivity (Wildman–Crippen MR) is 77.9 cm³/mol. The van der Waals surface area contributed by atoms with Gasteiger partial charge < -0.3 is 0 Å². The average molecular weight is 296 g/mol. The van der Waals surface area contributed by atoms with Gasteiger partial charge in [-0.3, -0.25) is 0 Å². The second kappa shape index (κ2) is 5.23.